The molecule has 0 saturated carbocycles. The predicted octanol–water partition coefficient (Wildman–Crippen LogP) is 5.02. The van der Waals surface area contributed by atoms with Gasteiger partial charge in [0.15, 0.2) is 0 Å². The number of halogens is 1. The van der Waals surface area contributed by atoms with Crippen molar-refractivity contribution in [3.63, 3.8) is 0 Å². The molecule has 0 unspecified atom stereocenters. The van der Waals surface area contributed by atoms with Gasteiger partial charge in [0.05, 0.1) is 5.69 Å². The molecule has 0 saturated heterocycles. The highest BCUT2D eigenvalue weighted by Gasteiger charge is 2.02. The molecule has 0 atom stereocenters. The maximum absolute atomic E-state index is 4.45. The average molecular weight is 357 g/mol. The van der Waals surface area contributed by atoms with Crippen molar-refractivity contribution in [3.05, 3.63) is 76.5 Å². The van der Waals surface area contributed by atoms with E-state index in [1.165, 1.54) is 14.7 Å². The lowest BCUT2D eigenvalue weighted by Gasteiger charge is -2.05. The molecule has 0 fully saturated rings. The van der Waals surface area contributed by atoms with Gasteiger partial charge >= 0.3 is 0 Å². The van der Waals surface area contributed by atoms with Gasteiger partial charge in [0.2, 0.25) is 0 Å². The van der Waals surface area contributed by atoms with Crippen LogP contribution in [0, 0.1) is 3.57 Å². The lowest BCUT2D eigenvalue weighted by molar-refractivity contribution is 1.33. The Morgan fingerprint density at radius 1 is 0.684 bits per heavy atom. The van der Waals surface area contributed by atoms with Crippen molar-refractivity contribution in [1.82, 2.24) is 4.98 Å². The monoisotopic (exact) mass is 357 g/mol. The molecule has 92 valence electrons. The zero-order valence-corrected chi connectivity index (χ0v) is 12.4. The molecule has 0 N–H and O–H groups in total. The van der Waals surface area contributed by atoms with Gasteiger partial charge in [-0.3, -0.25) is 4.98 Å². The third kappa shape index (κ3) is 2.84. The molecule has 1 nitrogen and oxygen atoms in total. The summed E-state index contributed by atoms with van der Waals surface area (Å²) in [6, 6.07) is 23.0. The molecular weight excluding hydrogens is 345 g/mol. The molecule has 1 aromatic heterocycles. The first-order valence-corrected chi connectivity index (χ1v) is 7.18. The van der Waals surface area contributed by atoms with Crippen LogP contribution in [0.3, 0.4) is 0 Å². The topological polar surface area (TPSA) is 12.9 Å². The fourth-order valence-electron chi connectivity index (χ4n) is 2.02. The van der Waals surface area contributed by atoms with Crippen LogP contribution in [-0.2, 0) is 0 Å². The summed E-state index contributed by atoms with van der Waals surface area (Å²) in [5, 5.41) is 0. The van der Waals surface area contributed by atoms with E-state index < -0.39 is 0 Å². The Balaban J connectivity index is 2.03. The zero-order chi connectivity index (χ0) is 13.1. The van der Waals surface area contributed by atoms with Gasteiger partial charge in [0.25, 0.3) is 0 Å². The molecule has 19 heavy (non-hydrogen) atoms. The van der Waals surface area contributed by atoms with Gasteiger partial charge in [-0.05, 0) is 58.0 Å². The number of hydrogen-bond acceptors (Lipinski definition) is 1. The van der Waals surface area contributed by atoms with Crippen LogP contribution in [-0.4, -0.2) is 4.98 Å². The number of benzene rings is 2. The Morgan fingerprint density at radius 2 is 1.42 bits per heavy atom. The quantitative estimate of drug-likeness (QED) is 0.587. The Labute approximate surface area is 126 Å². The van der Waals surface area contributed by atoms with E-state index in [2.05, 4.69) is 76.1 Å². The van der Waals surface area contributed by atoms with Crippen LogP contribution < -0.4 is 0 Å². The van der Waals surface area contributed by atoms with E-state index in [0.717, 1.165) is 11.3 Å². The molecule has 0 bridgehead atoms. The second kappa shape index (κ2) is 5.53. The molecule has 0 radical (unpaired) electrons. The van der Waals surface area contributed by atoms with Crippen LogP contribution in [0.5, 0.6) is 0 Å². The SMILES string of the molecule is Ic1ccc(-c2ccnc(-c3ccccc3)c2)cc1. The highest BCUT2D eigenvalue weighted by Crippen LogP contribution is 2.24. The van der Waals surface area contributed by atoms with E-state index in [9.17, 15) is 0 Å². The first kappa shape index (κ1) is 12.4. The van der Waals surface area contributed by atoms with Crippen LogP contribution in [0.15, 0.2) is 72.9 Å². The Bertz CT molecular complexity index is 675. The third-order valence-electron chi connectivity index (χ3n) is 3.01. The largest absolute Gasteiger partial charge is 0.256 e. The molecule has 0 aliphatic heterocycles. The van der Waals surface area contributed by atoms with E-state index in [0.29, 0.717) is 0 Å². The lowest BCUT2D eigenvalue weighted by Crippen LogP contribution is -1.85. The van der Waals surface area contributed by atoms with Crippen LogP contribution in [0.2, 0.25) is 0 Å². The standard InChI is InChI=1S/C17H12IN/c18-16-8-6-13(7-9-16)15-10-11-19-17(12-15)14-4-2-1-3-5-14/h1-12H. The molecule has 3 aromatic rings. The van der Waals surface area contributed by atoms with E-state index >= 15 is 0 Å². The van der Waals surface area contributed by atoms with Crippen molar-refractivity contribution in [2.75, 3.05) is 0 Å². The number of nitrogens with zero attached hydrogens (tertiary/aromatic N) is 1. The number of hydrogen-bond donors (Lipinski definition) is 0. The molecule has 2 heteroatoms. The molecule has 3 rings (SSSR count). The maximum Gasteiger partial charge on any atom is 0.0708 e. The van der Waals surface area contributed by atoms with Gasteiger partial charge in [-0.1, -0.05) is 42.5 Å². The minimum absolute atomic E-state index is 1.01. The molecule has 1 heterocycles. The Morgan fingerprint density at radius 3 is 2.16 bits per heavy atom. The van der Waals surface area contributed by atoms with Gasteiger partial charge in [-0.2, -0.15) is 0 Å². The minimum Gasteiger partial charge on any atom is -0.256 e. The second-order valence-electron chi connectivity index (χ2n) is 4.30. The average Bonchev–Trinajstić information content (AvgIpc) is 2.49. The summed E-state index contributed by atoms with van der Waals surface area (Å²) in [7, 11) is 0. The lowest BCUT2D eigenvalue weighted by atomic mass is 10.0. The summed E-state index contributed by atoms with van der Waals surface area (Å²) in [5.74, 6) is 0. The van der Waals surface area contributed by atoms with Crippen molar-refractivity contribution < 1.29 is 0 Å². The van der Waals surface area contributed by atoms with Crippen molar-refractivity contribution in [2.45, 2.75) is 0 Å². The molecular formula is C17H12IN. The van der Waals surface area contributed by atoms with Gasteiger partial charge in [-0.25, -0.2) is 0 Å². The number of pyridine rings is 1. The first-order valence-electron chi connectivity index (χ1n) is 6.10. The maximum atomic E-state index is 4.45. The summed E-state index contributed by atoms with van der Waals surface area (Å²) in [5.41, 5.74) is 4.58. The summed E-state index contributed by atoms with van der Waals surface area (Å²) >= 11 is 2.32. The minimum atomic E-state index is 1.01. The highest BCUT2D eigenvalue weighted by atomic mass is 127. The van der Waals surface area contributed by atoms with Crippen LogP contribution >= 0.6 is 22.6 Å². The third-order valence-corrected chi connectivity index (χ3v) is 3.73. The normalized spacial score (nSPS) is 10.4. The van der Waals surface area contributed by atoms with Crippen LogP contribution in [0.1, 0.15) is 0 Å². The predicted molar refractivity (Wildman–Crippen MR) is 87.8 cm³/mol. The van der Waals surface area contributed by atoms with Gasteiger partial charge in [0, 0.05) is 15.3 Å². The van der Waals surface area contributed by atoms with Crippen LogP contribution in [0.4, 0.5) is 0 Å². The molecule has 2 aromatic carbocycles. The van der Waals surface area contributed by atoms with E-state index in [1.54, 1.807) is 0 Å². The van der Waals surface area contributed by atoms with Crippen molar-refractivity contribution >= 4 is 22.6 Å². The van der Waals surface area contributed by atoms with Crippen molar-refractivity contribution in [2.24, 2.45) is 0 Å². The molecule has 0 aliphatic carbocycles. The fourth-order valence-corrected chi connectivity index (χ4v) is 2.38. The van der Waals surface area contributed by atoms with Crippen LogP contribution in [0.25, 0.3) is 22.4 Å². The number of aromatic nitrogens is 1. The smallest absolute Gasteiger partial charge is 0.0708 e. The molecule has 0 amide bonds. The molecule has 0 spiro atoms. The Kier molecular flexibility index (Phi) is 3.60. The van der Waals surface area contributed by atoms with Crippen molar-refractivity contribution in [3.8, 4) is 22.4 Å². The Hall–Kier alpha value is -1.68. The fraction of sp³-hybridized carbons (Fsp3) is 0. The van der Waals surface area contributed by atoms with Crippen molar-refractivity contribution in [1.29, 1.82) is 0 Å². The van der Waals surface area contributed by atoms with E-state index in [4.69, 9.17) is 0 Å². The summed E-state index contributed by atoms with van der Waals surface area (Å²) in [6.07, 6.45) is 1.87. The number of rotatable bonds is 2. The summed E-state index contributed by atoms with van der Waals surface area (Å²) in [4.78, 5) is 4.45. The summed E-state index contributed by atoms with van der Waals surface area (Å²) < 4.78 is 1.25. The van der Waals surface area contributed by atoms with Gasteiger partial charge < -0.3 is 0 Å². The van der Waals surface area contributed by atoms with Gasteiger partial charge in [0.1, 0.15) is 0 Å². The highest BCUT2D eigenvalue weighted by molar-refractivity contribution is 14.1. The first-order chi connectivity index (χ1) is 9.33. The van der Waals surface area contributed by atoms with E-state index in [1.807, 2.05) is 24.4 Å². The summed E-state index contributed by atoms with van der Waals surface area (Å²) in [6.45, 7) is 0. The molecule has 0 aliphatic rings. The van der Waals surface area contributed by atoms with Gasteiger partial charge in [-0.15, -0.1) is 0 Å². The van der Waals surface area contributed by atoms with E-state index in [-0.39, 0.29) is 0 Å². The zero-order valence-electron chi connectivity index (χ0n) is 10.3. The second-order valence-corrected chi connectivity index (χ2v) is 5.55.